The van der Waals surface area contributed by atoms with Gasteiger partial charge in [0.1, 0.15) is 0 Å². The number of ether oxygens (including phenoxy) is 1. The van der Waals surface area contributed by atoms with E-state index in [0.29, 0.717) is 0 Å². The van der Waals surface area contributed by atoms with Crippen molar-refractivity contribution in [2.75, 3.05) is 19.7 Å². The van der Waals surface area contributed by atoms with Crippen LogP contribution in [0.4, 0.5) is 0 Å². The van der Waals surface area contributed by atoms with Crippen molar-refractivity contribution < 1.29 is 14.3 Å². The standard InChI is InChI=1S/C14H23NO3/c16-13(15-9-5-1-2-6-10-15)11-18-14(17)12-7-3-4-8-12/h12H,1-11H2. The van der Waals surface area contributed by atoms with Crippen LogP contribution in [0.25, 0.3) is 0 Å². The molecule has 0 N–H and O–H groups in total. The molecular weight excluding hydrogens is 230 g/mol. The monoisotopic (exact) mass is 253 g/mol. The predicted octanol–water partition coefficient (Wildman–Crippen LogP) is 2.12. The molecule has 0 atom stereocenters. The second-order valence-electron chi connectivity index (χ2n) is 5.38. The molecule has 0 radical (unpaired) electrons. The summed E-state index contributed by atoms with van der Waals surface area (Å²) < 4.78 is 5.15. The number of nitrogens with zero attached hydrogens (tertiary/aromatic N) is 1. The first-order valence-corrected chi connectivity index (χ1v) is 7.22. The summed E-state index contributed by atoms with van der Waals surface area (Å²) in [6.07, 6.45) is 8.62. The molecule has 18 heavy (non-hydrogen) atoms. The van der Waals surface area contributed by atoms with Crippen molar-refractivity contribution in [1.29, 1.82) is 0 Å². The van der Waals surface area contributed by atoms with E-state index >= 15 is 0 Å². The smallest absolute Gasteiger partial charge is 0.309 e. The Balaban J connectivity index is 1.71. The van der Waals surface area contributed by atoms with Gasteiger partial charge in [-0.25, -0.2) is 0 Å². The zero-order chi connectivity index (χ0) is 12.8. The van der Waals surface area contributed by atoms with Crippen LogP contribution < -0.4 is 0 Å². The third-order valence-electron chi connectivity index (χ3n) is 3.99. The molecule has 0 unspecified atom stereocenters. The summed E-state index contributed by atoms with van der Waals surface area (Å²) in [5, 5.41) is 0. The van der Waals surface area contributed by atoms with Gasteiger partial charge < -0.3 is 9.64 Å². The maximum Gasteiger partial charge on any atom is 0.309 e. The lowest BCUT2D eigenvalue weighted by molar-refractivity contribution is -0.155. The van der Waals surface area contributed by atoms with Crippen LogP contribution in [0, 0.1) is 5.92 Å². The molecule has 0 aromatic carbocycles. The summed E-state index contributed by atoms with van der Waals surface area (Å²) >= 11 is 0. The number of amides is 1. The first-order valence-electron chi connectivity index (χ1n) is 7.22. The molecule has 1 aliphatic heterocycles. The molecule has 1 aliphatic carbocycles. The molecule has 1 amide bonds. The first kappa shape index (κ1) is 13.4. The molecule has 0 aromatic heterocycles. The highest BCUT2D eigenvalue weighted by molar-refractivity contribution is 5.81. The van der Waals surface area contributed by atoms with E-state index in [1.54, 1.807) is 0 Å². The molecular formula is C14H23NO3. The number of carbonyl (C=O) groups excluding carboxylic acids is 2. The van der Waals surface area contributed by atoms with Gasteiger partial charge in [-0.1, -0.05) is 25.7 Å². The number of carbonyl (C=O) groups is 2. The first-order chi connectivity index (χ1) is 8.77. The van der Waals surface area contributed by atoms with Crippen molar-refractivity contribution in [3.8, 4) is 0 Å². The van der Waals surface area contributed by atoms with Crippen LogP contribution in [-0.4, -0.2) is 36.5 Å². The fourth-order valence-corrected chi connectivity index (χ4v) is 2.82. The highest BCUT2D eigenvalue weighted by Gasteiger charge is 2.25. The van der Waals surface area contributed by atoms with E-state index in [-0.39, 0.29) is 24.4 Å². The van der Waals surface area contributed by atoms with E-state index < -0.39 is 0 Å². The van der Waals surface area contributed by atoms with Gasteiger partial charge >= 0.3 is 5.97 Å². The van der Waals surface area contributed by atoms with Gasteiger partial charge in [0.25, 0.3) is 5.91 Å². The SMILES string of the molecule is O=C(OCC(=O)N1CCCCCC1)C1CCCC1. The average Bonchev–Trinajstić information content (AvgIpc) is 2.78. The van der Waals surface area contributed by atoms with Gasteiger partial charge in [0, 0.05) is 13.1 Å². The Morgan fingerprint density at radius 3 is 2.17 bits per heavy atom. The summed E-state index contributed by atoms with van der Waals surface area (Å²) in [4.78, 5) is 25.5. The van der Waals surface area contributed by atoms with Crippen molar-refractivity contribution in [3.05, 3.63) is 0 Å². The van der Waals surface area contributed by atoms with Gasteiger partial charge in [-0.05, 0) is 25.7 Å². The number of hydrogen-bond acceptors (Lipinski definition) is 3. The lowest BCUT2D eigenvalue weighted by atomic mass is 10.1. The summed E-state index contributed by atoms with van der Waals surface area (Å²) in [5.41, 5.74) is 0. The van der Waals surface area contributed by atoms with Crippen molar-refractivity contribution in [1.82, 2.24) is 4.90 Å². The third kappa shape index (κ3) is 3.72. The van der Waals surface area contributed by atoms with E-state index in [2.05, 4.69) is 0 Å². The summed E-state index contributed by atoms with van der Waals surface area (Å²) in [7, 11) is 0. The Bertz CT molecular complexity index is 289. The van der Waals surface area contributed by atoms with Crippen molar-refractivity contribution in [2.45, 2.75) is 51.4 Å². The minimum atomic E-state index is -0.171. The van der Waals surface area contributed by atoms with Crippen LogP contribution in [0.5, 0.6) is 0 Å². The van der Waals surface area contributed by atoms with Gasteiger partial charge in [-0.2, -0.15) is 0 Å². The molecule has 0 bridgehead atoms. The minimum Gasteiger partial charge on any atom is -0.455 e. The maximum absolute atomic E-state index is 11.9. The lowest BCUT2D eigenvalue weighted by Gasteiger charge is -2.20. The largest absolute Gasteiger partial charge is 0.455 e. The zero-order valence-electron chi connectivity index (χ0n) is 11.0. The van der Waals surface area contributed by atoms with Gasteiger partial charge in [-0.3, -0.25) is 9.59 Å². The molecule has 1 heterocycles. The average molecular weight is 253 g/mol. The highest BCUT2D eigenvalue weighted by Crippen LogP contribution is 2.25. The third-order valence-corrected chi connectivity index (χ3v) is 3.99. The minimum absolute atomic E-state index is 0.0248. The Morgan fingerprint density at radius 2 is 1.56 bits per heavy atom. The van der Waals surface area contributed by atoms with Gasteiger partial charge in [-0.15, -0.1) is 0 Å². The van der Waals surface area contributed by atoms with E-state index in [9.17, 15) is 9.59 Å². The van der Waals surface area contributed by atoms with Crippen LogP contribution in [-0.2, 0) is 14.3 Å². The molecule has 2 rings (SSSR count). The number of rotatable bonds is 3. The number of esters is 1. The molecule has 102 valence electrons. The second-order valence-corrected chi connectivity index (χ2v) is 5.38. The fourth-order valence-electron chi connectivity index (χ4n) is 2.82. The molecule has 4 nitrogen and oxygen atoms in total. The van der Waals surface area contributed by atoms with Gasteiger partial charge in [0.15, 0.2) is 6.61 Å². The molecule has 0 spiro atoms. The van der Waals surface area contributed by atoms with E-state index in [4.69, 9.17) is 4.74 Å². The van der Waals surface area contributed by atoms with Gasteiger partial charge in [0.2, 0.25) is 0 Å². The summed E-state index contributed by atoms with van der Waals surface area (Å²) in [5.74, 6) is -0.152. The van der Waals surface area contributed by atoms with Crippen LogP contribution in [0.15, 0.2) is 0 Å². The Labute approximate surface area is 109 Å². The quantitative estimate of drug-likeness (QED) is 0.724. The molecule has 2 aliphatic rings. The molecule has 0 aromatic rings. The van der Waals surface area contributed by atoms with E-state index in [0.717, 1.165) is 51.6 Å². The highest BCUT2D eigenvalue weighted by atomic mass is 16.5. The Morgan fingerprint density at radius 1 is 0.944 bits per heavy atom. The van der Waals surface area contributed by atoms with Crippen molar-refractivity contribution in [2.24, 2.45) is 5.92 Å². The van der Waals surface area contributed by atoms with Crippen LogP contribution in [0.3, 0.4) is 0 Å². The second kappa shape index (κ2) is 6.76. The summed E-state index contributed by atoms with van der Waals surface area (Å²) in [6, 6.07) is 0. The fraction of sp³-hybridized carbons (Fsp3) is 0.857. The predicted molar refractivity (Wildman–Crippen MR) is 68.0 cm³/mol. The normalized spacial score (nSPS) is 21.7. The number of likely N-dealkylation sites (tertiary alicyclic amines) is 1. The molecule has 4 heteroatoms. The van der Waals surface area contributed by atoms with Crippen LogP contribution >= 0.6 is 0 Å². The topological polar surface area (TPSA) is 46.6 Å². The molecule has 1 saturated carbocycles. The Hall–Kier alpha value is -1.06. The van der Waals surface area contributed by atoms with Gasteiger partial charge in [0.05, 0.1) is 5.92 Å². The maximum atomic E-state index is 11.9. The van der Waals surface area contributed by atoms with E-state index in [1.807, 2.05) is 4.90 Å². The summed E-state index contributed by atoms with van der Waals surface area (Å²) in [6.45, 7) is 1.58. The van der Waals surface area contributed by atoms with Crippen molar-refractivity contribution in [3.63, 3.8) is 0 Å². The lowest BCUT2D eigenvalue weighted by Crippen LogP contribution is -2.35. The Kier molecular flexibility index (Phi) is 5.02. The van der Waals surface area contributed by atoms with Crippen molar-refractivity contribution >= 4 is 11.9 Å². The van der Waals surface area contributed by atoms with Crippen LogP contribution in [0.1, 0.15) is 51.4 Å². The number of hydrogen-bond donors (Lipinski definition) is 0. The zero-order valence-corrected chi connectivity index (χ0v) is 11.0. The molecule has 1 saturated heterocycles. The van der Waals surface area contributed by atoms with Crippen LogP contribution in [0.2, 0.25) is 0 Å². The molecule has 2 fully saturated rings. The van der Waals surface area contributed by atoms with E-state index in [1.165, 1.54) is 12.8 Å².